The second kappa shape index (κ2) is 6.83. The quantitative estimate of drug-likeness (QED) is 0.797. The van der Waals surface area contributed by atoms with E-state index in [9.17, 15) is 0 Å². The summed E-state index contributed by atoms with van der Waals surface area (Å²) >= 11 is 0. The highest BCUT2D eigenvalue weighted by Gasteiger charge is 2.12. The van der Waals surface area contributed by atoms with E-state index in [4.69, 9.17) is 15.2 Å². The Labute approximate surface area is 119 Å². The lowest BCUT2D eigenvalue weighted by atomic mass is 10.2. The van der Waals surface area contributed by atoms with Crippen LogP contribution in [-0.2, 0) is 13.1 Å². The summed E-state index contributed by atoms with van der Waals surface area (Å²) in [7, 11) is 1.97. The van der Waals surface area contributed by atoms with Crippen LogP contribution in [0.1, 0.15) is 17.8 Å². The summed E-state index contributed by atoms with van der Waals surface area (Å²) in [6.07, 6.45) is 0.718. The van der Waals surface area contributed by atoms with E-state index >= 15 is 0 Å². The molecule has 2 aromatic rings. The summed E-state index contributed by atoms with van der Waals surface area (Å²) in [6.45, 7) is 4.47. The number of aliphatic hydroxyl groups is 2. The molecular formula is C15H23N3O2. The number of imidazole rings is 1. The monoisotopic (exact) mass is 277 g/mol. The standard InChI is InChI=1S/C15H23N3O2/c1-12-4-5-14-13(10-12)16-15(11-17(2)7-9-20)18(14)6-3-8-19/h4-5,10,19-20H,3,6-9,11H2,1-2H3. The third kappa shape index (κ3) is 3.36. The summed E-state index contributed by atoms with van der Waals surface area (Å²) in [6, 6.07) is 6.26. The summed E-state index contributed by atoms with van der Waals surface area (Å²) in [5, 5.41) is 18.1. The van der Waals surface area contributed by atoms with Crippen molar-refractivity contribution in [2.24, 2.45) is 0 Å². The van der Waals surface area contributed by atoms with Gasteiger partial charge in [-0.2, -0.15) is 0 Å². The van der Waals surface area contributed by atoms with Crippen LogP contribution < -0.4 is 0 Å². The minimum Gasteiger partial charge on any atom is -0.396 e. The molecule has 2 N–H and O–H groups in total. The van der Waals surface area contributed by atoms with Gasteiger partial charge in [0.2, 0.25) is 0 Å². The van der Waals surface area contributed by atoms with E-state index in [0.717, 1.165) is 29.8 Å². The second-order valence-corrected chi connectivity index (χ2v) is 5.21. The Balaban J connectivity index is 2.34. The molecule has 0 aliphatic heterocycles. The lowest BCUT2D eigenvalue weighted by molar-refractivity contribution is 0.212. The first kappa shape index (κ1) is 15.0. The number of hydrogen-bond donors (Lipinski definition) is 2. The van der Waals surface area contributed by atoms with Crippen molar-refractivity contribution < 1.29 is 10.2 Å². The first-order valence-corrected chi connectivity index (χ1v) is 7.01. The van der Waals surface area contributed by atoms with E-state index in [2.05, 4.69) is 29.7 Å². The molecule has 0 unspecified atom stereocenters. The largest absolute Gasteiger partial charge is 0.396 e. The Bertz CT molecular complexity index is 565. The molecule has 0 amide bonds. The van der Waals surface area contributed by atoms with Gasteiger partial charge < -0.3 is 14.8 Å². The van der Waals surface area contributed by atoms with Gasteiger partial charge in [0, 0.05) is 19.7 Å². The zero-order valence-corrected chi connectivity index (χ0v) is 12.2. The summed E-state index contributed by atoms with van der Waals surface area (Å²) in [5.74, 6) is 0.981. The van der Waals surface area contributed by atoms with Crippen LogP contribution in [-0.4, -0.2) is 51.5 Å². The molecule has 0 saturated carbocycles. The lowest BCUT2D eigenvalue weighted by Gasteiger charge is -2.16. The van der Waals surface area contributed by atoms with E-state index in [1.54, 1.807) is 0 Å². The van der Waals surface area contributed by atoms with E-state index in [1.165, 1.54) is 5.56 Å². The van der Waals surface area contributed by atoms with Gasteiger partial charge in [0.25, 0.3) is 0 Å². The average Bonchev–Trinajstić information content (AvgIpc) is 2.73. The highest BCUT2D eigenvalue weighted by molar-refractivity contribution is 5.76. The first-order valence-electron chi connectivity index (χ1n) is 7.01. The Hall–Kier alpha value is -1.43. The van der Waals surface area contributed by atoms with Crippen molar-refractivity contribution in [2.45, 2.75) is 26.4 Å². The number of benzene rings is 1. The fourth-order valence-electron chi connectivity index (χ4n) is 2.38. The van der Waals surface area contributed by atoms with Crippen LogP contribution in [0.2, 0.25) is 0 Å². The number of hydrogen-bond acceptors (Lipinski definition) is 4. The van der Waals surface area contributed by atoms with E-state index in [1.807, 2.05) is 11.9 Å². The molecule has 5 heteroatoms. The topological polar surface area (TPSA) is 61.5 Å². The molecule has 0 aliphatic carbocycles. The van der Waals surface area contributed by atoms with Crippen LogP contribution in [0.4, 0.5) is 0 Å². The van der Waals surface area contributed by atoms with Gasteiger partial charge in [0.05, 0.1) is 24.2 Å². The van der Waals surface area contributed by atoms with E-state index < -0.39 is 0 Å². The molecule has 110 valence electrons. The predicted octanol–water partition coefficient (Wildman–Crippen LogP) is 1.15. The Kier molecular flexibility index (Phi) is 5.11. The third-order valence-corrected chi connectivity index (χ3v) is 3.42. The molecule has 20 heavy (non-hydrogen) atoms. The van der Waals surface area contributed by atoms with Crippen molar-refractivity contribution in [3.8, 4) is 0 Å². The fourth-order valence-corrected chi connectivity index (χ4v) is 2.38. The molecule has 0 aliphatic rings. The van der Waals surface area contributed by atoms with Gasteiger partial charge in [0.15, 0.2) is 0 Å². The lowest BCUT2D eigenvalue weighted by Crippen LogP contribution is -2.23. The Morgan fingerprint density at radius 1 is 1.25 bits per heavy atom. The molecule has 5 nitrogen and oxygen atoms in total. The van der Waals surface area contributed by atoms with Gasteiger partial charge in [-0.15, -0.1) is 0 Å². The fraction of sp³-hybridized carbons (Fsp3) is 0.533. The van der Waals surface area contributed by atoms with Gasteiger partial charge >= 0.3 is 0 Å². The van der Waals surface area contributed by atoms with Crippen molar-refractivity contribution in [1.29, 1.82) is 0 Å². The maximum atomic E-state index is 9.06. The summed E-state index contributed by atoms with van der Waals surface area (Å²) in [5.41, 5.74) is 3.30. The Morgan fingerprint density at radius 3 is 2.75 bits per heavy atom. The molecule has 0 fully saturated rings. The molecule has 0 atom stereocenters. The smallest absolute Gasteiger partial charge is 0.124 e. The van der Waals surface area contributed by atoms with Crippen LogP contribution in [0.25, 0.3) is 11.0 Å². The van der Waals surface area contributed by atoms with Crippen molar-refractivity contribution in [1.82, 2.24) is 14.5 Å². The predicted molar refractivity (Wildman–Crippen MR) is 79.6 cm³/mol. The average molecular weight is 277 g/mol. The minimum atomic E-state index is 0.145. The van der Waals surface area contributed by atoms with Crippen LogP contribution in [0.5, 0.6) is 0 Å². The zero-order chi connectivity index (χ0) is 14.5. The van der Waals surface area contributed by atoms with Crippen molar-refractivity contribution >= 4 is 11.0 Å². The first-order chi connectivity index (χ1) is 9.65. The number of aryl methyl sites for hydroxylation is 2. The molecule has 0 bridgehead atoms. The maximum Gasteiger partial charge on any atom is 0.124 e. The van der Waals surface area contributed by atoms with Gasteiger partial charge in [-0.1, -0.05) is 6.07 Å². The number of rotatable bonds is 7. The van der Waals surface area contributed by atoms with Crippen molar-refractivity contribution in [3.05, 3.63) is 29.6 Å². The van der Waals surface area contributed by atoms with Crippen LogP contribution >= 0.6 is 0 Å². The van der Waals surface area contributed by atoms with Crippen molar-refractivity contribution in [2.75, 3.05) is 26.8 Å². The van der Waals surface area contributed by atoms with E-state index in [-0.39, 0.29) is 13.2 Å². The van der Waals surface area contributed by atoms with Gasteiger partial charge in [-0.3, -0.25) is 4.90 Å². The zero-order valence-electron chi connectivity index (χ0n) is 12.2. The molecule has 0 radical (unpaired) electrons. The van der Waals surface area contributed by atoms with E-state index in [0.29, 0.717) is 13.1 Å². The maximum absolute atomic E-state index is 9.06. The number of aromatic nitrogens is 2. The molecule has 0 saturated heterocycles. The molecule has 0 spiro atoms. The number of fused-ring (bicyclic) bond motifs is 1. The normalized spacial score (nSPS) is 11.7. The SMILES string of the molecule is Cc1ccc2c(c1)nc(CN(C)CCO)n2CCCO. The third-order valence-electron chi connectivity index (χ3n) is 3.42. The van der Waals surface area contributed by atoms with Crippen molar-refractivity contribution in [3.63, 3.8) is 0 Å². The van der Waals surface area contributed by atoms with Crippen LogP contribution in [0.3, 0.4) is 0 Å². The van der Waals surface area contributed by atoms with Gasteiger partial charge in [0.1, 0.15) is 5.82 Å². The number of likely N-dealkylation sites (N-methyl/N-ethyl adjacent to an activating group) is 1. The number of nitrogens with zero attached hydrogens (tertiary/aromatic N) is 3. The molecule has 1 heterocycles. The van der Waals surface area contributed by atoms with Crippen LogP contribution in [0, 0.1) is 6.92 Å². The second-order valence-electron chi connectivity index (χ2n) is 5.21. The summed E-state index contributed by atoms with van der Waals surface area (Å²) < 4.78 is 2.17. The molecule has 2 rings (SSSR count). The highest BCUT2D eigenvalue weighted by Crippen LogP contribution is 2.19. The molecular weight excluding hydrogens is 254 g/mol. The van der Waals surface area contributed by atoms with Gasteiger partial charge in [-0.25, -0.2) is 4.98 Å². The Morgan fingerprint density at radius 2 is 2.05 bits per heavy atom. The molecule has 1 aromatic heterocycles. The molecule has 1 aromatic carbocycles. The highest BCUT2D eigenvalue weighted by atomic mass is 16.3. The summed E-state index contributed by atoms with van der Waals surface area (Å²) in [4.78, 5) is 6.75. The number of aliphatic hydroxyl groups excluding tert-OH is 2. The minimum absolute atomic E-state index is 0.145. The van der Waals surface area contributed by atoms with Gasteiger partial charge in [-0.05, 0) is 38.1 Å². The van der Waals surface area contributed by atoms with Crippen LogP contribution in [0.15, 0.2) is 18.2 Å².